The van der Waals surface area contributed by atoms with Gasteiger partial charge < -0.3 is 10.5 Å². The first-order chi connectivity index (χ1) is 8.03. The van der Waals surface area contributed by atoms with Gasteiger partial charge in [-0.3, -0.25) is 0 Å². The number of rotatable bonds is 4. The molecule has 7 heteroatoms. The number of ether oxygens (including phenoxy) is 1. The molecule has 2 atom stereocenters. The third kappa shape index (κ3) is 2.86. The smallest absolute Gasteiger partial charge is 0.241 e. The van der Waals surface area contributed by atoms with Crippen LogP contribution in [0.3, 0.4) is 0 Å². The van der Waals surface area contributed by atoms with Crippen molar-refractivity contribution < 1.29 is 13.2 Å². The molecule has 2 rings (SSSR count). The summed E-state index contributed by atoms with van der Waals surface area (Å²) in [6.45, 7) is 2.84. The second-order valence-electron chi connectivity index (χ2n) is 4.05. The van der Waals surface area contributed by atoms with Crippen LogP contribution in [0.1, 0.15) is 18.2 Å². The molecule has 0 aromatic carbocycles. The van der Waals surface area contributed by atoms with Gasteiger partial charge in [0.2, 0.25) is 10.0 Å². The quantitative estimate of drug-likeness (QED) is 0.846. The summed E-state index contributed by atoms with van der Waals surface area (Å²) in [6.07, 6.45) is 0.645. The summed E-state index contributed by atoms with van der Waals surface area (Å²) in [7, 11) is -3.44. The molecule has 0 spiro atoms. The lowest BCUT2D eigenvalue weighted by Gasteiger charge is -2.15. The van der Waals surface area contributed by atoms with E-state index in [9.17, 15) is 8.42 Å². The largest absolute Gasteiger partial charge is 0.377 e. The zero-order valence-corrected chi connectivity index (χ0v) is 11.2. The molecule has 0 bridgehead atoms. The van der Waals surface area contributed by atoms with E-state index < -0.39 is 10.0 Å². The van der Waals surface area contributed by atoms with Crippen molar-refractivity contribution in [2.45, 2.75) is 36.9 Å². The van der Waals surface area contributed by atoms with Crippen molar-refractivity contribution in [1.29, 1.82) is 0 Å². The third-order valence-corrected chi connectivity index (χ3v) is 5.40. The molecule has 3 N–H and O–H groups in total. The van der Waals surface area contributed by atoms with Crippen molar-refractivity contribution in [1.82, 2.24) is 4.72 Å². The van der Waals surface area contributed by atoms with Crippen molar-refractivity contribution in [3.05, 3.63) is 16.3 Å². The molecule has 1 fully saturated rings. The Bertz CT molecular complexity index is 483. The molecule has 0 radical (unpaired) electrons. The van der Waals surface area contributed by atoms with Crippen molar-refractivity contribution in [3.63, 3.8) is 0 Å². The molecule has 1 aliphatic rings. The van der Waals surface area contributed by atoms with Crippen LogP contribution in [-0.4, -0.2) is 27.2 Å². The molecule has 17 heavy (non-hydrogen) atoms. The number of nitrogens with one attached hydrogen (secondary N) is 1. The fourth-order valence-corrected chi connectivity index (χ4v) is 4.26. The van der Waals surface area contributed by atoms with Gasteiger partial charge in [0.15, 0.2) is 0 Å². The van der Waals surface area contributed by atoms with Crippen molar-refractivity contribution in [2.75, 3.05) is 6.61 Å². The first-order valence-electron chi connectivity index (χ1n) is 5.44. The lowest BCUT2D eigenvalue weighted by atomic mass is 10.2. The van der Waals surface area contributed by atoms with E-state index in [1.807, 2.05) is 6.92 Å². The van der Waals surface area contributed by atoms with E-state index in [1.165, 1.54) is 11.3 Å². The van der Waals surface area contributed by atoms with E-state index in [4.69, 9.17) is 10.5 Å². The Kier molecular flexibility index (Phi) is 3.84. The van der Waals surface area contributed by atoms with Gasteiger partial charge in [0, 0.05) is 23.4 Å². The minimum Gasteiger partial charge on any atom is -0.377 e. The Balaban J connectivity index is 2.13. The second-order valence-corrected chi connectivity index (χ2v) is 6.75. The highest BCUT2D eigenvalue weighted by molar-refractivity contribution is 7.89. The molecule has 1 saturated heterocycles. The number of hydrogen-bond acceptors (Lipinski definition) is 5. The zero-order chi connectivity index (χ0) is 12.5. The van der Waals surface area contributed by atoms with Crippen molar-refractivity contribution >= 4 is 21.4 Å². The van der Waals surface area contributed by atoms with E-state index in [2.05, 4.69) is 4.72 Å². The summed E-state index contributed by atoms with van der Waals surface area (Å²) in [5.41, 5.74) is 5.47. The van der Waals surface area contributed by atoms with Gasteiger partial charge in [-0.1, -0.05) is 0 Å². The Morgan fingerprint density at radius 2 is 2.41 bits per heavy atom. The highest BCUT2D eigenvalue weighted by atomic mass is 32.2. The van der Waals surface area contributed by atoms with Crippen molar-refractivity contribution in [3.8, 4) is 0 Å². The fraction of sp³-hybridized carbons (Fsp3) is 0.600. The van der Waals surface area contributed by atoms with Gasteiger partial charge >= 0.3 is 0 Å². The molecule has 1 aliphatic heterocycles. The second kappa shape index (κ2) is 5.03. The highest BCUT2D eigenvalue weighted by Gasteiger charge is 2.29. The predicted molar refractivity (Wildman–Crippen MR) is 66.4 cm³/mol. The highest BCUT2D eigenvalue weighted by Crippen LogP contribution is 2.21. The maximum atomic E-state index is 12.1. The Labute approximate surface area is 105 Å². The number of nitrogens with two attached hydrogens (primary N) is 1. The van der Waals surface area contributed by atoms with E-state index in [1.54, 1.807) is 11.4 Å². The van der Waals surface area contributed by atoms with E-state index in [0.717, 1.165) is 4.88 Å². The molecule has 96 valence electrons. The molecular weight excluding hydrogens is 260 g/mol. The molecular formula is C10H16N2O3S2. The van der Waals surface area contributed by atoms with E-state index >= 15 is 0 Å². The summed E-state index contributed by atoms with van der Waals surface area (Å²) in [5, 5.41) is 1.62. The zero-order valence-electron chi connectivity index (χ0n) is 9.55. The first kappa shape index (κ1) is 13.0. The average molecular weight is 276 g/mol. The van der Waals surface area contributed by atoms with E-state index in [-0.39, 0.29) is 12.1 Å². The molecule has 1 aromatic rings. The predicted octanol–water partition coefficient (Wildman–Crippen LogP) is 0.663. The normalized spacial score (nSPS) is 25.3. The number of sulfonamides is 1. The van der Waals surface area contributed by atoms with Crippen LogP contribution >= 0.6 is 11.3 Å². The minimum absolute atomic E-state index is 0.0719. The molecule has 2 unspecified atom stereocenters. The topological polar surface area (TPSA) is 81.4 Å². The standard InChI is InChI=1S/C10H16N2O3S2/c1-7-10(2-3-15-7)12-17(13,14)9-4-8(5-11)16-6-9/h4,6-7,10,12H,2-3,5,11H2,1H3. The van der Waals surface area contributed by atoms with Gasteiger partial charge in [-0.15, -0.1) is 11.3 Å². The Morgan fingerprint density at radius 3 is 2.94 bits per heavy atom. The maximum absolute atomic E-state index is 12.1. The van der Waals surface area contributed by atoms with Gasteiger partial charge in [-0.2, -0.15) is 0 Å². The average Bonchev–Trinajstić information content (AvgIpc) is 2.88. The van der Waals surface area contributed by atoms with Crippen LogP contribution in [0.5, 0.6) is 0 Å². The lowest BCUT2D eigenvalue weighted by molar-refractivity contribution is 0.117. The van der Waals surface area contributed by atoms with Crippen LogP contribution < -0.4 is 10.5 Å². The van der Waals surface area contributed by atoms with Crippen LogP contribution in [-0.2, 0) is 21.3 Å². The van der Waals surface area contributed by atoms with E-state index in [0.29, 0.717) is 24.5 Å². The summed E-state index contributed by atoms with van der Waals surface area (Å²) in [4.78, 5) is 1.16. The van der Waals surface area contributed by atoms with Crippen molar-refractivity contribution in [2.24, 2.45) is 5.73 Å². The third-order valence-electron chi connectivity index (χ3n) is 2.82. The van der Waals surface area contributed by atoms with Gasteiger partial charge in [0.05, 0.1) is 17.0 Å². The minimum atomic E-state index is -3.44. The summed E-state index contributed by atoms with van der Waals surface area (Å²) in [5.74, 6) is 0. The van der Waals surface area contributed by atoms with Crippen LogP contribution in [0.2, 0.25) is 0 Å². The molecule has 5 nitrogen and oxygen atoms in total. The SMILES string of the molecule is CC1OCCC1NS(=O)(=O)c1csc(CN)c1. The maximum Gasteiger partial charge on any atom is 0.241 e. The van der Waals surface area contributed by atoms with Gasteiger partial charge in [0.1, 0.15) is 0 Å². The molecule has 0 amide bonds. The molecule has 1 aromatic heterocycles. The monoisotopic (exact) mass is 276 g/mol. The molecule has 2 heterocycles. The van der Waals surface area contributed by atoms with Gasteiger partial charge in [-0.25, -0.2) is 13.1 Å². The van der Waals surface area contributed by atoms with Gasteiger partial charge in [-0.05, 0) is 19.4 Å². The molecule has 0 aliphatic carbocycles. The fourth-order valence-electron chi connectivity index (χ4n) is 1.76. The molecule has 0 saturated carbocycles. The van der Waals surface area contributed by atoms with Gasteiger partial charge in [0.25, 0.3) is 0 Å². The Morgan fingerprint density at radius 1 is 1.65 bits per heavy atom. The summed E-state index contributed by atoms with van der Waals surface area (Å²) >= 11 is 1.36. The summed E-state index contributed by atoms with van der Waals surface area (Å²) in [6, 6.07) is 1.48. The number of hydrogen-bond donors (Lipinski definition) is 2. The summed E-state index contributed by atoms with van der Waals surface area (Å²) < 4.78 is 32.1. The lowest BCUT2D eigenvalue weighted by Crippen LogP contribution is -2.38. The van der Waals surface area contributed by atoms with Crippen LogP contribution in [0.25, 0.3) is 0 Å². The van der Waals surface area contributed by atoms with Crippen LogP contribution in [0.4, 0.5) is 0 Å². The van der Waals surface area contributed by atoms with Crippen LogP contribution in [0.15, 0.2) is 16.3 Å². The Hall–Kier alpha value is -0.470. The first-order valence-corrected chi connectivity index (χ1v) is 7.80. The number of thiophene rings is 1. The van der Waals surface area contributed by atoms with Crippen LogP contribution in [0, 0.1) is 0 Å².